The number of nitrogens with zero attached hydrogens (tertiary/aromatic N) is 3. The van der Waals surface area contributed by atoms with Crippen molar-refractivity contribution >= 4 is 11.6 Å². The molecule has 29 heavy (non-hydrogen) atoms. The predicted octanol–water partition coefficient (Wildman–Crippen LogP) is 3.10. The molecule has 2 aromatic rings. The zero-order chi connectivity index (χ0) is 20.7. The lowest BCUT2D eigenvalue weighted by Crippen LogP contribution is -2.38. The van der Waals surface area contributed by atoms with Gasteiger partial charge < -0.3 is 20.1 Å². The number of aliphatic imine (C=N–C) groups is 1. The van der Waals surface area contributed by atoms with Gasteiger partial charge in [-0.15, -0.1) is 0 Å². The highest BCUT2D eigenvalue weighted by Crippen LogP contribution is 2.12. The highest BCUT2D eigenvalue weighted by Gasteiger charge is 2.03. The molecule has 6 nitrogen and oxygen atoms in total. The highest BCUT2D eigenvalue weighted by atomic mass is 16.1. The summed E-state index contributed by atoms with van der Waals surface area (Å²) in [5, 5.41) is 6.70. The summed E-state index contributed by atoms with van der Waals surface area (Å²) in [5.74, 6) is 0.868. The number of pyridine rings is 1. The Morgan fingerprint density at radius 3 is 2.52 bits per heavy atom. The molecule has 1 aromatic heterocycles. The number of guanidine groups is 1. The maximum atomic E-state index is 11.7. The van der Waals surface area contributed by atoms with Crippen LogP contribution >= 0.6 is 0 Å². The standard InChI is InChI=1S/C23H35N5O/c1-3-24-23(25-16-9-11-19-28-18-10-8-15-22(28)29)26-17-12-20-27(4-2)21-13-6-5-7-14-21/h5-8,10,13-15,18H,3-4,9,11-12,16-17,19-20H2,1-2H3,(H2,24,25,26). The summed E-state index contributed by atoms with van der Waals surface area (Å²) in [6.07, 6.45) is 4.80. The van der Waals surface area contributed by atoms with Crippen LogP contribution in [0.4, 0.5) is 5.69 Å². The zero-order valence-corrected chi connectivity index (χ0v) is 17.8. The van der Waals surface area contributed by atoms with E-state index in [1.165, 1.54) is 5.69 Å². The van der Waals surface area contributed by atoms with E-state index in [1.54, 1.807) is 16.7 Å². The van der Waals surface area contributed by atoms with Gasteiger partial charge in [0.2, 0.25) is 5.56 Å². The van der Waals surface area contributed by atoms with E-state index in [-0.39, 0.29) is 5.56 Å². The minimum Gasteiger partial charge on any atom is -0.372 e. The predicted molar refractivity (Wildman–Crippen MR) is 123 cm³/mol. The normalized spacial score (nSPS) is 11.3. The van der Waals surface area contributed by atoms with E-state index >= 15 is 0 Å². The molecule has 0 aliphatic rings. The number of rotatable bonds is 12. The van der Waals surface area contributed by atoms with Gasteiger partial charge in [-0.25, -0.2) is 0 Å². The number of benzene rings is 1. The van der Waals surface area contributed by atoms with Gasteiger partial charge in [0, 0.05) is 57.2 Å². The van der Waals surface area contributed by atoms with Gasteiger partial charge in [0.1, 0.15) is 0 Å². The molecule has 0 saturated carbocycles. The third kappa shape index (κ3) is 8.42. The highest BCUT2D eigenvalue weighted by molar-refractivity contribution is 5.79. The van der Waals surface area contributed by atoms with Crippen molar-refractivity contribution in [3.05, 3.63) is 65.1 Å². The summed E-state index contributed by atoms with van der Waals surface area (Å²) in [6, 6.07) is 15.8. The molecule has 0 unspecified atom stereocenters. The molecule has 2 rings (SSSR count). The minimum atomic E-state index is 0.0620. The number of nitrogens with one attached hydrogen (secondary N) is 2. The average molecular weight is 398 g/mol. The monoisotopic (exact) mass is 397 g/mol. The Morgan fingerprint density at radius 1 is 1.00 bits per heavy atom. The Morgan fingerprint density at radius 2 is 1.79 bits per heavy atom. The third-order valence-corrected chi connectivity index (χ3v) is 4.72. The number of hydrogen-bond donors (Lipinski definition) is 2. The maximum Gasteiger partial charge on any atom is 0.250 e. The molecule has 0 amide bonds. The van der Waals surface area contributed by atoms with Gasteiger partial charge in [-0.1, -0.05) is 24.3 Å². The Bertz CT molecular complexity index is 772. The zero-order valence-electron chi connectivity index (χ0n) is 17.8. The smallest absolute Gasteiger partial charge is 0.250 e. The molecule has 0 spiro atoms. The Kier molecular flexibility index (Phi) is 10.4. The van der Waals surface area contributed by atoms with Crippen LogP contribution in [0.1, 0.15) is 33.1 Å². The van der Waals surface area contributed by atoms with Crippen molar-refractivity contribution in [3.63, 3.8) is 0 Å². The fourth-order valence-electron chi connectivity index (χ4n) is 3.16. The van der Waals surface area contributed by atoms with E-state index in [0.29, 0.717) is 0 Å². The maximum absolute atomic E-state index is 11.7. The lowest BCUT2D eigenvalue weighted by Gasteiger charge is -2.22. The van der Waals surface area contributed by atoms with Crippen LogP contribution in [0.3, 0.4) is 0 Å². The molecule has 0 aliphatic carbocycles. The molecule has 0 atom stereocenters. The van der Waals surface area contributed by atoms with E-state index < -0.39 is 0 Å². The molecular weight excluding hydrogens is 362 g/mol. The quantitative estimate of drug-likeness (QED) is 0.328. The Balaban J connectivity index is 1.69. The number of aromatic nitrogens is 1. The fraction of sp³-hybridized carbons (Fsp3) is 0.478. The van der Waals surface area contributed by atoms with Gasteiger partial charge in [0.25, 0.3) is 0 Å². The van der Waals surface area contributed by atoms with Gasteiger partial charge in [-0.2, -0.15) is 0 Å². The summed E-state index contributed by atoms with van der Waals surface area (Å²) in [6.45, 7) is 9.48. The molecule has 158 valence electrons. The second kappa shape index (κ2) is 13.4. The van der Waals surface area contributed by atoms with E-state index in [0.717, 1.165) is 64.5 Å². The van der Waals surface area contributed by atoms with Crippen LogP contribution in [0.25, 0.3) is 0 Å². The van der Waals surface area contributed by atoms with Crippen molar-refractivity contribution in [1.29, 1.82) is 0 Å². The van der Waals surface area contributed by atoms with E-state index in [9.17, 15) is 4.79 Å². The lowest BCUT2D eigenvalue weighted by atomic mass is 10.2. The van der Waals surface area contributed by atoms with Crippen LogP contribution in [0.5, 0.6) is 0 Å². The molecule has 1 heterocycles. The van der Waals surface area contributed by atoms with Gasteiger partial charge in [0.15, 0.2) is 5.96 Å². The van der Waals surface area contributed by atoms with Crippen LogP contribution in [0.2, 0.25) is 0 Å². The van der Waals surface area contributed by atoms with Crippen molar-refractivity contribution in [2.24, 2.45) is 4.99 Å². The molecular formula is C23H35N5O. The van der Waals surface area contributed by atoms with E-state index in [4.69, 9.17) is 4.99 Å². The van der Waals surface area contributed by atoms with Crippen molar-refractivity contribution in [2.45, 2.75) is 39.7 Å². The topological polar surface area (TPSA) is 61.7 Å². The molecule has 0 radical (unpaired) electrons. The molecule has 0 fully saturated rings. The molecule has 0 bridgehead atoms. The SMILES string of the molecule is CCNC(=NCCCN(CC)c1ccccc1)NCCCCn1ccccc1=O. The number of para-hydroxylation sites is 1. The van der Waals surface area contributed by atoms with E-state index in [1.807, 2.05) is 18.3 Å². The van der Waals surface area contributed by atoms with Gasteiger partial charge in [0.05, 0.1) is 0 Å². The third-order valence-electron chi connectivity index (χ3n) is 4.72. The molecule has 1 aromatic carbocycles. The molecule has 6 heteroatoms. The first-order valence-corrected chi connectivity index (χ1v) is 10.7. The van der Waals surface area contributed by atoms with Crippen LogP contribution in [0.15, 0.2) is 64.5 Å². The summed E-state index contributed by atoms with van der Waals surface area (Å²) in [7, 11) is 0. The minimum absolute atomic E-state index is 0.0620. The van der Waals surface area contributed by atoms with Crippen LogP contribution in [-0.2, 0) is 6.54 Å². The first kappa shape index (κ1) is 22.5. The second-order valence-corrected chi connectivity index (χ2v) is 6.90. The molecule has 2 N–H and O–H groups in total. The van der Waals surface area contributed by atoms with Gasteiger partial charge in [-0.05, 0) is 51.3 Å². The van der Waals surface area contributed by atoms with E-state index in [2.05, 4.69) is 53.6 Å². The summed E-state index contributed by atoms with van der Waals surface area (Å²) >= 11 is 0. The fourth-order valence-corrected chi connectivity index (χ4v) is 3.16. The van der Waals surface area contributed by atoms with Crippen molar-refractivity contribution < 1.29 is 0 Å². The summed E-state index contributed by atoms with van der Waals surface area (Å²) in [5.41, 5.74) is 1.33. The Labute approximate surface area is 174 Å². The molecule has 0 aliphatic heterocycles. The first-order valence-electron chi connectivity index (χ1n) is 10.7. The van der Waals surface area contributed by atoms with Crippen LogP contribution < -0.4 is 21.1 Å². The Hall–Kier alpha value is -2.76. The number of hydrogen-bond acceptors (Lipinski definition) is 3. The first-order chi connectivity index (χ1) is 14.2. The summed E-state index contributed by atoms with van der Waals surface area (Å²) in [4.78, 5) is 18.8. The second-order valence-electron chi connectivity index (χ2n) is 6.90. The van der Waals surface area contributed by atoms with Crippen LogP contribution in [-0.4, -0.2) is 43.3 Å². The largest absolute Gasteiger partial charge is 0.372 e. The summed E-state index contributed by atoms with van der Waals surface area (Å²) < 4.78 is 1.76. The van der Waals surface area contributed by atoms with Crippen LogP contribution in [0, 0.1) is 0 Å². The number of anilines is 1. The van der Waals surface area contributed by atoms with Gasteiger partial charge >= 0.3 is 0 Å². The van der Waals surface area contributed by atoms with Crippen molar-refractivity contribution in [1.82, 2.24) is 15.2 Å². The number of aryl methyl sites for hydroxylation is 1. The lowest BCUT2D eigenvalue weighted by molar-refractivity contribution is 0.585. The van der Waals surface area contributed by atoms with Crippen molar-refractivity contribution in [3.8, 4) is 0 Å². The average Bonchev–Trinajstić information content (AvgIpc) is 2.75. The molecule has 0 saturated heterocycles. The van der Waals surface area contributed by atoms with Gasteiger partial charge in [-0.3, -0.25) is 9.79 Å². The van der Waals surface area contributed by atoms with Crippen molar-refractivity contribution in [2.75, 3.05) is 37.6 Å². The number of unbranched alkanes of at least 4 members (excludes halogenated alkanes) is 1.